The first-order valence-electron chi connectivity index (χ1n) is 12.7. The number of amides is 1. The zero-order chi connectivity index (χ0) is 25.0. The third-order valence-electron chi connectivity index (χ3n) is 7.39. The molecule has 2 aliphatic rings. The fourth-order valence-corrected chi connectivity index (χ4v) is 5.30. The van der Waals surface area contributed by atoms with Gasteiger partial charge in [0.1, 0.15) is 17.7 Å². The molecule has 1 aliphatic carbocycles. The number of carbonyl (C=O) groups excluding carboxylic acids is 1. The number of aryl methyl sites for hydroxylation is 1. The van der Waals surface area contributed by atoms with Crippen LogP contribution in [0.15, 0.2) is 54.6 Å². The number of nitrogens with zero attached hydrogens (tertiary/aromatic N) is 4. The van der Waals surface area contributed by atoms with Crippen LogP contribution >= 0.6 is 0 Å². The molecule has 7 heteroatoms. The van der Waals surface area contributed by atoms with Crippen LogP contribution in [0.3, 0.4) is 0 Å². The Morgan fingerprint density at radius 1 is 1.08 bits per heavy atom. The molecule has 0 radical (unpaired) electrons. The molecule has 2 unspecified atom stereocenters. The summed E-state index contributed by atoms with van der Waals surface area (Å²) in [6.45, 7) is 3.97. The number of hydrogen-bond acceptors (Lipinski definition) is 3. The van der Waals surface area contributed by atoms with E-state index in [1.807, 2.05) is 31.2 Å². The van der Waals surface area contributed by atoms with Crippen molar-refractivity contribution in [3.05, 3.63) is 88.5 Å². The Bertz CT molecular complexity index is 1480. The van der Waals surface area contributed by atoms with E-state index in [9.17, 15) is 13.6 Å². The van der Waals surface area contributed by atoms with Gasteiger partial charge in [-0.15, -0.1) is 0 Å². The maximum atomic E-state index is 15.0. The molecule has 2 atom stereocenters. The summed E-state index contributed by atoms with van der Waals surface area (Å²) in [5.41, 5.74) is 4.97. The smallest absolute Gasteiger partial charge is 0.273 e. The lowest BCUT2D eigenvalue weighted by Crippen LogP contribution is -2.40. The fraction of sp³-hybridized carbons (Fsp3) is 0.345. The van der Waals surface area contributed by atoms with Gasteiger partial charge in [-0.05, 0) is 61.1 Å². The van der Waals surface area contributed by atoms with Crippen molar-refractivity contribution in [2.45, 2.75) is 57.7 Å². The van der Waals surface area contributed by atoms with Gasteiger partial charge in [-0.2, -0.15) is 5.10 Å². The number of rotatable bonds is 5. The molecule has 3 heterocycles. The minimum atomic E-state index is -1.24. The number of carbonyl (C=O) groups is 1. The van der Waals surface area contributed by atoms with E-state index < -0.39 is 6.17 Å². The predicted octanol–water partition coefficient (Wildman–Crippen LogP) is 6.59. The fourth-order valence-electron chi connectivity index (χ4n) is 5.30. The van der Waals surface area contributed by atoms with Gasteiger partial charge >= 0.3 is 0 Å². The normalized spacial score (nSPS) is 19.5. The number of aromatic nitrogens is 3. The highest BCUT2D eigenvalue weighted by Crippen LogP contribution is 2.41. The molecule has 0 saturated heterocycles. The summed E-state index contributed by atoms with van der Waals surface area (Å²) in [7, 11) is 0. The van der Waals surface area contributed by atoms with Crippen molar-refractivity contribution in [2.75, 3.05) is 6.54 Å². The van der Waals surface area contributed by atoms with Crippen LogP contribution in [-0.2, 0) is 6.42 Å². The van der Waals surface area contributed by atoms with Gasteiger partial charge in [-0.25, -0.2) is 18.3 Å². The van der Waals surface area contributed by atoms with Crippen LogP contribution in [0.4, 0.5) is 8.78 Å². The van der Waals surface area contributed by atoms with E-state index in [1.54, 1.807) is 39.7 Å². The predicted molar refractivity (Wildman–Crippen MR) is 134 cm³/mol. The first-order valence-corrected chi connectivity index (χ1v) is 12.7. The van der Waals surface area contributed by atoms with Crippen molar-refractivity contribution in [1.82, 2.24) is 19.5 Å². The van der Waals surface area contributed by atoms with Crippen LogP contribution in [0.1, 0.15) is 84.1 Å². The standard InChI is InChI=1S/C29H28F2N4O/c1-3-6-18-9-12-22(23(30)13-18)25-15-28-32-26(14-27(19-10-11-19)35(28)33-25)29(36)34-16-24(31)21-8-5-4-7-20(21)17(34)2/h4-5,7-9,12-15,17,19,24H,3,6,10-11,16H2,1-2H3. The minimum absolute atomic E-state index is 0.0114. The lowest BCUT2D eigenvalue weighted by molar-refractivity contribution is 0.0585. The summed E-state index contributed by atoms with van der Waals surface area (Å²) >= 11 is 0. The van der Waals surface area contributed by atoms with Gasteiger partial charge in [-0.3, -0.25) is 4.79 Å². The summed E-state index contributed by atoms with van der Waals surface area (Å²) in [5, 5.41) is 4.68. The SMILES string of the molecule is CCCc1ccc(-c2cc3nc(C(=O)N4CC(F)c5ccccc5C4C)cc(C4CC4)n3n2)c(F)c1. The van der Waals surface area contributed by atoms with Gasteiger partial charge < -0.3 is 4.90 Å². The van der Waals surface area contributed by atoms with Gasteiger partial charge in [0.25, 0.3) is 5.91 Å². The second kappa shape index (κ2) is 8.80. The summed E-state index contributed by atoms with van der Waals surface area (Å²) in [6.07, 6.45) is 2.53. The molecule has 1 saturated carbocycles. The number of hydrogen-bond donors (Lipinski definition) is 0. The molecule has 2 aromatic heterocycles. The molecule has 184 valence electrons. The van der Waals surface area contributed by atoms with E-state index in [1.165, 1.54) is 0 Å². The number of benzene rings is 2. The molecule has 36 heavy (non-hydrogen) atoms. The number of fused-ring (bicyclic) bond motifs is 2. The minimum Gasteiger partial charge on any atom is -0.327 e. The number of alkyl halides is 1. The Kier molecular flexibility index (Phi) is 5.58. The monoisotopic (exact) mass is 486 g/mol. The highest BCUT2D eigenvalue weighted by atomic mass is 19.1. The van der Waals surface area contributed by atoms with E-state index in [-0.39, 0.29) is 35.9 Å². The molecule has 1 amide bonds. The van der Waals surface area contributed by atoms with Crippen molar-refractivity contribution in [3.8, 4) is 11.3 Å². The lowest BCUT2D eigenvalue weighted by Gasteiger charge is -2.36. The number of halogens is 2. The average Bonchev–Trinajstić information content (AvgIpc) is 3.64. The molecule has 6 rings (SSSR count). The van der Waals surface area contributed by atoms with Crippen molar-refractivity contribution in [3.63, 3.8) is 0 Å². The molecule has 1 aliphatic heterocycles. The third-order valence-corrected chi connectivity index (χ3v) is 7.39. The zero-order valence-corrected chi connectivity index (χ0v) is 20.4. The first-order chi connectivity index (χ1) is 17.4. The Labute approximate surface area is 208 Å². The van der Waals surface area contributed by atoms with Crippen molar-refractivity contribution >= 4 is 11.6 Å². The van der Waals surface area contributed by atoms with Crippen LogP contribution in [-0.4, -0.2) is 31.9 Å². The Hall–Kier alpha value is -3.61. The lowest BCUT2D eigenvalue weighted by atomic mass is 9.92. The first kappa shape index (κ1) is 22.8. The molecule has 0 N–H and O–H groups in total. The van der Waals surface area contributed by atoms with Crippen molar-refractivity contribution in [1.29, 1.82) is 0 Å². The van der Waals surface area contributed by atoms with Crippen LogP contribution in [0.25, 0.3) is 16.9 Å². The molecule has 0 bridgehead atoms. The van der Waals surface area contributed by atoms with Gasteiger partial charge in [-0.1, -0.05) is 43.7 Å². The molecule has 2 aromatic carbocycles. The quantitative estimate of drug-likeness (QED) is 0.320. The highest BCUT2D eigenvalue weighted by Gasteiger charge is 2.35. The molecular weight excluding hydrogens is 458 g/mol. The topological polar surface area (TPSA) is 50.5 Å². The van der Waals surface area contributed by atoms with E-state index in [0.29, 0.717) is 22.5 Å². The highest BCUT2D eigenvalue weighted by molar-refractivity contribution is 5.93. The maximum Gasteiger partial charge on any atom is 0.273 e. The maximum absolute atomic E-state index is 15.0. The Morgan fingerprint density at radius 3 is 2.58 bits per heavy atom. The third kappa shape index (κ3) is 3.87. The van der Waals surface area contributed by atoms with Gasteiger partial charge in [0, 0.05) is 23.2 Å². The summed E-state index contributed by atoms with van der Waals surface area (Å²) in [5.74, 6) is -0.342. The van der Waals surface area contributed by atoms with Crippen molar-refractivity contribution in [2.24, 2.45) is 0 Å². The van der Waals surface area contributed by atoms with Gasteiger partial charge in [0.2, 0.25) is 0 Å². The van der Waals surface area contributed by atoms with Crippen LogP contribution in [0, 0.1) is 5.82 Å². The summed E-state index contributed by atoms with van der Waals surface area (Å²) in [6, 6.07) is 15.9. The van der Waals surface area contributed by atoms with E-state index >= 15 is 0 Å². The van der Waals surface area contributed by atoms with Crippen LogP contribution in [0.2, 0.25) is 0 Å². The molecule has 4 aromatic rings. The Balaban J connectivity index is 1.39. The second-order valence-electron chi connectivity index (χ2n) is 9.93. The second-order valence-corrected chi connectivity index (χ2v) is 9.93. The molecule has 0 spiro atoms. The molecule has 5 nitrogen and oxygen atoms in total. The zero-order valence-electron chi connectivity index (χ0n) is 20.4. The molecular formula is C29H28F2N4O. The van der Waals surface area contributed by atoms with Gasteiger partial charge in [0.05, 0.1) is 18.3 Å². The summed E-state index contributed by atoms with van der Waals surface area (Å²) in [4.78, 5) is 19.8. The van der Waals surface area contributed by atoms with E-state index in [4.69, 9.17) is 0 Å². The summed E-state index contributed by atoms with van der Waals surface area (Å²) < 4.78 is 31.7. The Morgan fingerprint density at radius 2 is 1.86 bits per heavy atom. The van der Waals surface area contributed by atoms with Crippen molar-refractivity contribution < 1.29 is 13.6 Å². The molecule has 1 fully saturated rings. The van der Waals surface area contributed by atoms with Crippen LogP contribution < -0.4 is 0 Å². The van der Waals surface area contributed by atoms with Crippen LogP contribution in [0.5, 0.6) is 0 Å². The average molecular weight is 487 g/mol. The largest absolute Gasteiger partial charge is 0.327 e. The van der Waals surface area contributed by atoms with Gasteiger partial charge in [0.15, 0.2) is 5.65 Å². The van der Waals surface area contributed by atoms with E-state index in [2.05, 4.69) is 17.0 Å². The van der Waals surface area contributed by atoms with E-state index in [0.717, 1.165) is 42.5 Å².